The molecule has 0 bridgehead atoms. The van der Waals surface area contributed by atoms with Gasteiger partial charge >= 0.3 is 66.0 Å². The van der Waals surface area contributed by atoms with Crippen molar-refractivity contribution in [2.24, 2.45) is 0 Å². The molecule has 2 amide bonds. The van der Waals surface area contributed by atoms with Gasteiger partial charge in [0, 0.05) is 23.3 Å². The Bertz CT molecular complexity index is 3060. The minimum atomic E-state index is -10.7. The SMILES string of the molecule is F[P-](F)(F)(F)(F)F.F[P-](F)(F)(F)(F)F.O=C(Nc1ccc[n+](Cc2c3ccccc3cc3ccccc23)c1)c1cccc(C(=O)Nc2ccc[n+](Cc3c4ccccc4cc4ccccc34)c2)n1. The topological polar surface area (TPSA) is 78.9 Å². The molecule has 0 aliphatic carbocycles. The molecule has 0 saturated carbocycles. The molecule has 9 rings (SSSR count). The number of benzene rings is 6. The second-order valence-corrected chi connectivity index (χ2v) is 19.2. The van der Waals surface area contributed by atoms with E-state index in [1.807, 2.05) is 49.1 Å². The summed E-state index contributed by atoms with van der Waals surface area (Å²) in [4.78, 5) is 31.4. The van der Waals surface area contributed by atoms with Gasteiger partial charge in [0.05, 0.1) is 0 Å². The van der Waals surface area contributed by atoms with E-state index in [0.717, 1.165) is 0 Å². The molecular weight excluding hydrogens is 956 g/mol. The van der Waals surface area contributed by atoms with Crippen molar-refractivity contribution in [2.45, 2.75) is 13.1 Å². The summed E-state index contributed by atoms with van der Waals surface area (Å²) in [5.74, 6) is -0.809. The van der Waals surface area contributed by atoms with Crippen LogP contribution in [0.5, 0.6) is 0 Å². The largest absolute Gasteiger partial charge is 0.316 e. The molecule has 0 fully saturated rings. The first-order valence-corrected chi connectivity index (χ1v) is 24.0. The van der Waals surface area contributed by atoms with Gasteiger partial charge in [-0.15, -0.1) is 0 Å². The monoisotopic (exact) mass is 991 g/mol. The Kier molecular flexibility index (Phi) is 12.0. The van der Waals surface area contributed by atoms with Crippen LogP contribution in [0.4, 0.5) is 61.7 Å². The molecule has 354 valence electrons. The summed E-state index contributed by atoms with van der Waals surface area (Å²) in [7, 11) is -21.3. The number of hydrogen-bond acceptors (Lipinski definition) is 3. The van der Waals surface area contributed by atoms with Gasteiger partial charge in [-0.2, -0.15) is 9.13 Å². The molecule has 9 aromatic rings. The van der Waals surface area contributed by atoms with Crippen LogP contribution in [0.2, 0.25) is 0 Å². The minimum absolute atomic E-state index is 0.143. The Morgan fingerprint density at radius 3 is 1.01 bits per heavy atom. The van der Waals surface area contributed by atoms with Gasteiger partial charge in [-0.25, -0.2) is 4.98 Å². The number of fused-ring (bicyclic) bond motifs is 4. The summed E-state index contributed by atoms with van der Waals surface area (Å²) in [6, 6.07) is 50.5. The second kappa shape index (κ2) is 16.8. The van der Waals surface area contributed by atoms with Gasteiger partial charge in [0.1, 0.15) is 22.8 Å². The van der Waals surface area contributed by atoms with Gasteiger partial charge in [-0.1, -0.05) is 103 Å². The molecule has 0 aliphatic rings. The standard InChI is InChI=1S/C47H33N5O2.2F6P/c53-46(48-36-16-10-24-51(28-36)30-42-38-18-5-1-12-32(38)26-33-13-2-6-19-39(33)42)44-22-9-23-45(50-44)47(54)49-37-17-11-25-52(29-37)31-43-40-20-7-3-14-34(40)27-35-15-4-8-21-41(35)43;2*1-7(2,3,4,5)6/h1-29H,30-31H2;;/q;2*-1/p+2. The Morgan fingerprint density at radius 2 is 0.706 bits per heavy atom. The summed E-state index contributed by atoms with van der Waals surface area (Å²) >= 11 is 0. The predicted octanol–water partition coefficient (Wildman–Crippen LogP) is 15.6. The number of anilines is 2. The molecule has 68 heavy (non-hydrogen) atoms. The zero-order valence-corrected chi connectivity index (χ0v) is 36.5. The molecule has 6 aromatic carbocycles. The van der Waals surface area contributed by atoms with Crippen molar-refractivity contribution in [3.63, 3.8) is 0 Å². The van der Waals surface area contributed by atoms with Gasteiger partial charge in [-0.05, 0) is 79.5 Å². The molecule has 0 aliphatic heterocycles. The van der Waals surface area contributed by atoms with Crippen molar-refractivity contribution in [3.8, 4) is 0 Å². The van der Waals surface area contributed by atoms with E-state index >= 15 is 0 Å². The third kappa shape index (κ3) is 14.9. The summed E-state index contributed by atoms with van der Waals surface area (Å²) in [5, 5.41) is 15.5. The van der Waals surface area contributed by atoms with Gasteiger partial charge in [0.2, 0.25) is 0 Å². The molecule has 7 nitrogen and oxygen atoms in total. The number of nitrogens with zero attached hydrogens (tertiary/aromatic N) is 3. The van der Waals surface area contributed by atoms with Crippen molar-refractivity contribution >= 4 is 81.9 Å². The average Bonchev–Trinajstić information content (AvgIpc) is 3.24. The number of nitrogens with one attached hydrogen (secondary N) is 2. The van der Waals surface area contributed by atoms with Crippen molar-refractivity contribution in [1.82, 2.24) is 4.98 Å². The number of aromatic nitrogens is 3. The van der Waals surface area contributed by atoms with E-state index in [2.05, 4.69) is 134 Å². The second-order valence-electron chi connectivity index (χ2n) is 15.4. The zero-order chi connectivity index (χ0) is 49.3. The zero-order valence-electron chi connectivity index (χ0n) is 34.7. The maximum absolute atomic E-state index is 13.5. The molecule has 0 radical (unpaired) electrons. The van der Waals surface area contributed by atoms with E-state index < -0.39 is 27.4 Å². The number of rotatable bonds is 8. The van der Waals surface area contributed by atoms with Crippen LogP contribution in [-0.4, -0.2) is 16.8 Å². The first-order chi connectivity index (χ1) is 31.5. The maximum Gasteiger partial charge on any atom is 0.274 e. The normalized spacial score (nSPS) is 13.7. The number of amides is 2. The van der Waals surface area contributed by atoms with E-state index in [9.17, 15) is 60.0 Å². The Morgan fingerprint density at radius 1 is 0.412 bits per heavy atom. The molecular formula is C47H35F12N5O2P2. The van der Waals surface area contributed by atoms with Crippen molar-refractivity contribution in [3.05, 3.63) is 199 Å². The quantitative estimate of drug-likeness (QED) is 0.0689. The average molecular weight is 992 g/mol. The number of hydrogen-bond donors (Lipinski definition) is 2. The van der Waals surface area contributed by atoms with E-state index in [-0.39, 0.29) is 11.4 Å². The number of pyridine rings is 3. The fraction of sp³-hybridized carbons (Fsp3) is 0.0426. The maximum atomic E-state index is 13.5. The number of carbonyl (C=O) groups is 2. The summed E-state index contributed by atoms with van der Waals surface area (Å²) in [6.07, 6.45) is 7.81. The van der Waals surface area contributed by atoms with Crippen LogP contribution in [0.3, 0.4) is 0 Å². The van der Waals surface area contributed by atoms with Crippen LogP contribution < -0.4 is 19.8 Å². The van der Waals surface area contributed by atoms with E-state index in [4.69, 9.17) is 0 Å². The third-order valence-electron chi connectivity index (χ3n) is 9.89. The van der Waals surface area contributed by atoms with Crippen LogP contribution in [0.15, 0.2) is 176 Å². The van der Waals surface area contributed by atoms with Crippen molar-refractivity contribution in [1.29, 1.82) is 0 Å². The van der Waals surface area contributed by atoms with E-state index in [0.29, 0.717) is 24.5 Å². The van der Waals surface area contributed by atoms with Crippen LogP contribution >= 0.6 is 15.6 Å². The first kappa shape index (κ1) is 48.7. The molecule has 2 N–H and O–H groups in total. The summed E-state index contributed by atoms with van der Waals surface area (Å²) < 4.78 is 123. The third-order valence-corrected chi connectivity index (χ3v) is 9.89. The van der Waals surface area contributed by atoms with E-state index in [1.54, 1.807) is 18.2 Å². The molecule has 3 aromatic heterocycles. The van der Waals surface area contributed by atoms with Crippen LogP contribution in [0.25, 0.3) is 43.1 Å². The predicted molar refractivity (Wildman–Crippen MR) is 242 cm³/mol. The molecule has 0 spiro atoms. The molecule has 3 heterocycles. The molecule has 0 atom stereocenters. The summed E-state index contributed by atoms with van der Waals surface area (Å²) in [6.45, 7) is 1.25. The van der Waals surface area contributed by atoms with E-state index in [1.165, 1.54) is 54.2 Å². The Balaban J connectivity index is 0.000000428. The summed E-state index contributed by atoms with van der Waals surface area (Å²) in [5.41, 5.74) is 3.95. The van der Waals surface area contributed by atoms with Crippen LogP contribution in [-0.2, 0) is 13.1 Å². The van der Waals surface area contributed by atoms with Crippen molar-refractivity contribution in [2.75, 3.05) is 10.6 Å². The molecule has 21 heteroatoms. The van der Waals surface area contributed by atoms with Gasteiger partial charge in [0.25, 0.3) is 11.8 Å². The number of carbonyl (C=O) groups excluding carboxylic acids is 2. The molecule has 0 unspecified atom stereocenters. The van der Waals surface area contributed by atoms with Gasteiger partial charge in [-0.3, -0.25) is 9.59 Å². The van der Waals surface area contributed by atoms with Crippen LogP contribution in [0.1, 0.15) is 32.1 Å². The Labute approximate surface area is 377 Å². The first-order valence-electron chi connectivity index (χ1n) is 20.0. The van der Waals surface area contributed by atoms with Crippen LogP contribution in [0, 0.1) is 0 Å². The molecule has 0 saturated heterocycles. The minimum Gasteiger partial charge on any atom is -0.316 e. The number of halogens is 12. The fourth-order valence-corrected chi connectivity index (χ4v) is 7.39. The van der Waals surface area contributed by atoms with Gasteiger partial charge < -0.3 is 10.6 Å². The van der Waals surface area contributed by atoms with Gasteiger partial charge in [0.15, 0.2) is 37.9 Å². The van der Waals surface area contributed by atoms with Crippen molar-refractivity contribution < 1.29 is 69.1 Å². The fourth-order valence-electron chi connectivity index (χ4n) is 7.39. The Hall–Kier alpha value is -7.23. The smallest absolute Gasteiger partial charge is 0.274 e.